The third-order valence-corrected chi connectivity index (χ3v) is 9.60. The largest absolute Gasteiger partial charge is 0.469 e. The van der Waals surface area contributed by atoms with Crippen LogP contribution < -0.4 is 0 Å². The Labute approximate surface area is 174 Å². The number of ether oxygens (including phenoxy) is 2. The van der Waals surface area contributed by atoms with Crippen LogP contribution in [0.15, 0.2) is 24.3 Å². The molecule has 4 unspecified atom stereocenters. The molecule has 0 aromatic carbocycles. The second kappa shape index (κ2) is 5.64. The van der Waals surface area contributed by atoms with Gasteiger partial charge in [-0.2, -0.15) is 0 Å². The average Bonchev–Trinajstić information content (AvgIpc) is 3.08. The van der Waals surface area contributed by atoms with Crippen molar-refractivity contribution < 1.29 is 23.5 Å². The van der Waals surface area contributed by atoms with Gasteiger partial charge in [-0.15, -0.1) is 0 Å². The summed E-state index contributed by atoms with van der Waals surface area (Å²) in [4.78, 5) is 26.2. The van der Waals surface area contributed by atoms with E-state index < -0.39 is 19.3 Å². The van der Waals surface area contributed by atoms with Crippen LogP contribution in [-0.4, -0.2) is 39.1 Å². The first kappa shape index (κ1) is 19.6. The Morgan fingerprint density at radius 2 is 2.07 bits per heavy atom. The van der Waals surface area contributed by atoms with Gasteiger partial charge in [0.05, 0.1) is 24.5 Å². The standard InChI is InChI=1S/C23H32O5Si/c1-13-11-22-12-14(13)15(28-29(4,5)6)10-16(22)23-9-7-8-21(2,20(25)27-23)18(23)17(22)19(24)26-3/h7-8,14-18H,1,9-12H2,2-6H3/t14-,15+,16?,17?,18?,21?,22+,23-/m1/s1. The molecule has 3 saturated carbocycles. The highest BCUT2D eigenvalue weighted by Gasteiger charge is 2.82. The summed E-state index contributed by atoms with van der Waals surface area (Å²) in [7, 11) is -0.292. The van der Waals surface area contributed by atoms with E-state index in [1.54, 1.807) is 0 Å². The van der Waals surface area contributed by atoms with Crippen molar-refractivity contribution in [3.05, 3.63) is 24.3 Å². The minimum atomic E-state index is -1.76. The molecular weight excluding hydrogens is 384 g/mol. The van der Waals surface area contributed by atoms with E-state index in [1.165, 1.54) is 12.7 Å². The zero-order valence-electron chi connectivity index (χ0n) is 18.1. The first-order chi connectivity index (χ1) is 13.5. The number of hydrogen-bond donors (Lipinski definition) is 0. The lowest BCUT2D eigenvalue weighted by atomic mass is 9.62. The van der Waals surface area contributed by atoms with Crippen molar-refractivity contribution >= 4 is 20.3 Å². The molecule has 5 rings (SSSR count). The van der Waals surface area contributed by atoms with Crippen LogP contribution in [0.25, 0.3) is 0 Å². The van der Waals surface area contributed by atoms with Gasteiger partial charge < -0.3 is 13.9 Å². The zero-order valence-corrected chi connectivity index (χ0v) is 19.1. The van der Waals surface area contributed by atoms with Crippen LogP contribution in [0, 0.1) is 34.5 Å². The molecule has 1 aliphatic heterocycles. The second-order valence-electron chi connectivity index (χ2n) is 11.1. The maximum absolute atomic E-state index is 13.2. The van der Waals surface area contributed by atoms with Crippen LogP contribution >= 0.6 is 0 Å². The first-order valence-electron chi connectivity index (χ1n) is 10.8. The van der Waals surface area contributed by atoms with Crippen molar-refractivity contribution in [1.29, 1.82) is 0 Å². The second-order valence-corrected chi connectivity index (χ2v) is 15.6. The maximum Gasteiger partial charge on any atom is 0.316 e. The topological polar surface area (TPSA) is 61.8 Å². The van der Waals surface area contributed by atoms with Crippen molar-refractivity contribution in [3.8, 4) is 0 Å². The summed E-state index contributed by atoms with van der Waals surface area (Å²) in [5.41, 5.74) is -0.444. The van der Waals surface area contributed by atoms with Gasteiger partial charge in [0, 0.05) is 24.2 Å². The zero-order chi connectivity index (χ0) is 21.0. The van der Waals surface area contributed by atoms with Gasteiger partial charge in [-0.25, -0.2) is 0 Å². The molecule has 0 aromatic heterocycles. The van der Waals surface area contributed by atoms with E-state index in [0.29, 0.717) is 6.42 Å². The molecular formula is C23H32O5Si. The first-order valence-corrected chi connectivity index (χ1v) is 14.2. The van der Waals surface area contributed by atoms with Gasteiger partial charge in [-0.3, -0.25) is 9.59 Å². The third kappa shape index (κ3) is 2.25. The van der Waals surface area contributed by atoms with Gasteiger partial charge in [-0.05, 0) is 51.2 Å². The summed E-state index contributed by atoms with van der Waals surface area (Å²) in [5, 5.41) is 0. The monoisotopic (exact) mass is 416 g/mol. The molecule has 4 bridgehead atoms. The Bertz CT molecular complexity index is 843. The van der Waals surface area contributed by atoms with Crippen molar-refractivity contribution in [2.24, 2.45) is 34.5 Å². The minimum absolute atomic E-state index is 0.0941. The predicted molar refractivity (Wildman–Crippen MR) is 110 cm³/mol. The van der Waals surface area contributed by atoms with Crippen molar-refractivity contribution in [3.63, 3.8) is 0 Å². The summed E-state index contributed by atoms with van der Waals surface area (Å²) in [6, 6.07) is 0. The van der Waals surface area contributed by atoms with E-state index >= 15 is 0 Å². The van der Waals surface area contributed by atoms with E-state index in [9.17, 15) is 9.59 Å². The summed E-state index contributed by atoms with van der Waals surface area (Å²) >= 11 is 0. The Hall–Kier alpha value is -1.40. The van der Waals surface area contributed by atoms with Crippen LogP contribution in [0.3, 0.4) is 0 Å². The quantitative estimate of drug-likeness (QED) is 0.397. The summed E-state index contributed by atoms with van der Waals surface area (Å²) in [6.07, 6.45) is 7.37. The fourth-order valence-electron chi connectivity index (χ4n) is 7.89. The highest BCUT2D eigenvalue weighted by Crippen LogP contribution is 2.77. The molecule has 29 heavy (non-hydrogen) atoms. The molecule has 1 heterocycles. The molecule has 1 spiro atoms. The summed E-state index contributed by atoms with van der Waals surface area (Å²) in [6.45, 7) is 13.0. The molecule has 0 aromatic rings. The third-order valence-electron chi connectivity index (χ3n) is 8.59. The number of rotatable bonds is 3. The van der Waals surface area contributed by atoms with Crippen LogP contribution in [0.1, 0.15) is 32.6 Å². The van der Waals surface area contributed by atoms with Crippen LogP contribution in [-0.2, 0) is 23.5 Å². The maximum atomic E-state index is 13.2. The van der Waals surface area contributed by atoms with E-state index in [-0.39, 0.29) is 47.1 Å². The fourth-order valence-corrected chi connectivity index (χ4v) is 9.06. The Morgan fingerprint density at radius 1 is 1.34 bits per heavy atom. The molecule has 6 heteroatoms. The van der Waals surface area contributed by atoms with Crippen LogP contribution in [0.2, 0.25) is 19.6 Å². The van der Waals surface area contributed by atoms with Crippen molar-refractivity contribution in [2.75, 3.05) is 7.11 Å². The van der Waals surface area contributed by atoms with E-state index in [4.69, 9.17) is 13.9 Å². The molecule has 0 N–H and O–H groups in total. The molecule has 5 aliphatic rings. The molecule has 0 radical (unpaired) electrons. The molecule has 4 fully saturated rings. The molecule has 158 valence electrons. The Balaban J connectivity index is 1.67. The number of methoxy groups -OCH3 is 1. The number of fused-ring (bicyclic) bond motifs is 1. The van der Waals surface area contributed by atoms with Gasteiger partial charge in [0.2, 0.25) is 0 Å². The molecule has 0 amide bonds. The normalized spacial score (nSPS) is 49.6. The van der Waals surface area contributed by atoms with Gasteiger partial charge >= 0.3 is 11.9 Å². The van der Waals surface area contributed by atoms with Crippen LogP contribution in [0.4, 0.5) is 0 Å². The van der Waals surface area contributed by atoms with Crippen LogP contribution in [0.5, 0.6) is 0 Å². The highest BCUT2D eigenvalue weighted by molar-refractivity contribution is 6.69. The number of carbonyl (C=O) groups is 2. The fraction of sp³-hybridized carbons (Fsp3) is 0.739. The van der Waals surface area contributed by atoms with Crippen molar-refractivity contribution in [2.45, 2.75) is 64.0 Å². The Kier molecular flexibility index (Phi) is 3.80. The molecule has 8 atom stereocenters. The molecule has 4 aliphatic carbocycles. The summed E-state index contributed by atoms with van der Waals surface area (Å²) < 4.78 is 18.3. The SMILES string of the molecule is C=C1C[C@]23C[C@H]1[C@@H](O[Si](C)(C)C)CC2[C@@]12CC=CC(C)(C(=O)O1)C2C3C(=O)OC. The van der Waals surface area contributed by atoms with E-state index in [2.05, 4.69) is 32.3 Å². The van der Waals surface area contributed by atoms with Gasteiger partial charge in [-0.1, -0.05) is 24.3 Å². The Morgan fingerprint density at radius 3 is 2.72 bits per heavy atom. The van der Waals surface area contributed by atoms with Gasteiger partial charge in [0.15, 0.2) is 8.32 Å². The van der Waals surface area contributed by atoms with E-state index in [0.717, 1.165) is 19.3 Å². The highest BCUT2D eigenvalue weighted by atomic mass is 28.4. The van der Waals surface area contributed by atoms with Crippen molar-refractivity contribution in [1.82, 2.24) is 0 Å². The van der Waals surface area contributed by atoms with Gasteiger partial charge in [0.25, 0.3) is 0 Å². The minimum Gasteiger partial charge on any atom is -0.469 e. The lowest BCUT2D eigenvalue weighted by Gasteiger charge is -2.47. The lowest BCUT2D eigenvalue weighted by Crippen LogP contribution is -2.49. The average molecular weight is 417 g/mol. The van der Waals surface area contributed by atoms with Gasteiger partial charge in [0.1, 0.15) is 5.60 Å². The predicted octanol–water partition coefficient (Wildman–Crippen LogP) is 3.86. The lowest BCUT2D eigenvalue weighted by molar-refractivity contribution is -0.162. The number of hydrogen-bond acceptors (Lipinski definition) is 5. The number of carbonyl (C=O) groups excluding carboxylic acids is 2. The molecule has 1 saturated heterocycles. The van der Waals surface area contributed by atoms with E-state index in [1.807, 2.05) is 13.0 Å². The number of esters is 2. The smallest absolute Gasteiger partial charge is 0.316 e. The summed E-state index contributed by atoms with van der Waals surface area (Å²) in [5.74, 6) is -0.537. The molecule has 5 nitrogen and oxygen atoms in total.